The minimum atomic E-state index is -0.383. The SMILES string of the molecule is CCCCc1nc(C)c(C(=O)NC(c2nc(-c3cccnc3)no2)C(C)C)s1. The van der Waals surface area contributed by atoms with E-state index in [2.05, 4.69) is 32.3 Å². The molecule has 0 aliphatic rings. The fourth-order valence-corrected chi connectivity index (χ4v) is 3.80. The second-order valence-electron chi connectivity index (χ2n) is 7.02. The van der Waals surface area contributed by atoms with Crippen LogP contribution in [0.15, 0.2) is 29.0 Å². The van der Waals surface area contributed by atoms with Crippen LogP contribution >= 0.6 is 11.3 Å². The summed E-state index contributed by atoms with van der Waals surface area (Å²) in [5.41, 5.74) is 1.53. The zero-order chi connectivity index (χ0) is 20.1. The van der Waals surface area contributed by atoms with Gasteiger partial charge in [-0.05, 0) is 37.8 Å². The molecule has 3 rings (SSSR count). The highest BCUT2D eigenvalue weighted by Crippen LogP contribution is 2.25. The average molecular weight is 400 g/mol. The first-order valence-electron chi connectivity index (χ1n) is 9.50. The lowest BCUT2D eigenvalue weighted by atomic mass is 10.0. The summed E-state index contributed by atoms with van der Waals surface area (Å²) in [5, 5.41) is 8.08. The number of rotatable bonds is 8. The fraction of sp³-hybridized carbons (Fsp3) is 0.450. The van der Waals surface area contributed by atoms with Crippen LogP contribution in [-0.4, -0.2) is 26.0 Å². The standard InChI is InChI=1S/C20H25N5O2S/c1-5-6-9-15-22-13(4)17(28-15)19(26)23-16(12(2)3)20-24-18(25-27-20)14-8-7-10-21-11-14/h7-8,10-12,16H,5-6,9H2,1-4H3,(H,23,26). The maximum absolute atomic E-state index is 12.9. The van der Waals surface area contributed by atoms with Crippen LogP contribution in [0.1, 0.15) is 65.9 Å². The number of unbranched alkanes of at least 4 members (excludes halogenated alkanes) is 1. The van der Waals surface area contributed by atoms with Crippen LogP contribution in [0.2, 0.25) is 0 Å². The van der Waals surface area contributed by atoms with Crippen molar-refractivity contribution >= 4 is 17.2 Å². The van der Waals surface area contributed by atoms with Crippen molar-refractivity contribution < 1.29 is 9.32 Å². The van der Waals surface area contributed by atoms with Crippen LogP contribution in [-0.2, 0) is 6.42 Å². The molecule has 3 heterocycles. The molecule has 0 fully saturated rings. The molecule has 8 heteroatoms. The van der Waals surface area contributed by atoms with Gasteiger partial charge in [0, 0.05) is 18.0 Å². The first kappa shape index (κ1) is 20.1. The first-order chi connectivity index (χ1) is 13.5. The Kier molecular flexibility index (Phi) is 6.51. The zero-order valence-electron chi connectivity index (χ0n) is 16.6. The lowest BCUT2D eigenvalue weighted by Gasteiger charge is -2.18. The van der Waals surface area contributed by atoms with E-state index in [4.69, 9.17) is 4.52 Å². The minimum absolute atomic E-state index is 0.0823. The number of aromatic nitrogens is 4. The molecule has 0 spiro atoms. The number of hydrogen-bond acceptors (Lipinski definition) is 7. The van der Waals surface area contributed by atoms with E-state index in [9.17, 15) is 4.79 Å². The van der Waals surface area contributed by atoms with Crippen LogP contribution in [0.4, 0.5) is 0 Å². The van der Waals surface area contributed by atoms with Crippen molar-refractivity contribution in [3.05, 3.63) is 46.0 Å². The van der Waals surface area contributed by atoms with Crippen molar-refractivity contribution in [2.24, 2.45) is 5.92 Å². The van der Waals surface area contributed by atoms with Crippen molar-refractivity contribution in [1.82, 2.24) is 25.4 Å². The van der Waals surface area contributed by atoms with Gasteiger partial charge in [-0.3, -0.25) is 9.78 Å². The molecule has 1 atom stereocenters. The molecule has 0 saturated heterocycles. The Bertz CT molecular complexity index is 920. The molecule has 0 aliphatic carbocycles. The predicted molar refractivity (Wildman–Crippen MR) is 108 cm³/mol. The number of thiazole rings is 1. The second-order valence-corrected chi connectivity index (χ2v) is 8.10. The van der Waals surface area contributed by atoms with Crippen molar-refractivity contribution in [2.75, 3.05) is 0 Å². The van der Waals surface area contributed by atoms with Gasteiger partial charge in [0.2, 0.25) is 11.7 Å². The molecule has 3 aromatic heterocycles. The van der Waals surface area contributed by atoms with E-state index in [0.717, 1.165) is 35.5 Å². The van der Waals surface area contributed by atoms with Gasteiger partial charge in [-0.1, -0.05) is 32.3 Å². The van der Waals surface area contributed by atoms with E-state index in [1.54, 1.807) is 12.4 Å². The van der Waals surface area contributed by atoms with Crippen molar-refractivity contribution in [3.8, 4) is 11.4 Å². The number of hydrogen-bond donors (Lipinski definition) is 1. The second kappa shape index (κ2) is 9.05. The van der Waals surface area contributed by atoms with E-state index >= 15 is 0 Å². The molecule has 3 aromatic rings. The van der Waals surface area contributed by atoms with Crippen molar-refractivity contribution in [2.45, 2.75) is 53.0 Å². The third-order valence-corrected chi connectivity index (χ3v) is 5.59. The number of aryl methyl sites for hydroxylation is 2. The van der Waals surface area contributed by atoms with Crippen LogP contribution < -0.4 is 5.32 Å². The minimum Gasteiger partial charge on any atom is -0.339 e. The summed E-state index contributed by atoms with van der Waals surface area (Å²) in [6.45, 7) is 8.03. The highest BCUT2D eigenvalue weighted by atomic mass is 32.1. The van der Waals surface area contributed by atoms with Crippen LogP contribution in [0.5, 0.6) is 0 Å². The summed E-state index contributed by atoms with van der Waals surface area (Å²) in [7, 11) is 0. The quantitative estimate of drug-likeness (QED) is 0.605. The molecule has 0 saturated carbocycles. The third-order valence-electron chi connectivity index (χ3n) is 4.37. The monoisotopic (exact) mass is 399 g/mol. The maximum Gasteiger partial charge on any atom is 0.263 e. The van der Waals surface area contributed by atoms with Gasteiger partial charge in [0.05, 0.1) is 10.7 Å². The summed E-state index contributed by atoms with van der Waals surface area (Å²) in [6, 6.07) is 3.30. The fourth-order valence-electron chi connectivity index (χ4n) is 2.79. The third kappa shape index (κ3) is 4.62. The van der Waals surface area contributed by atoms with Gasteiger partial charge < -0.3 is 9.84 Å². The molecule has 1 amide bonds. The highest BCUT2D eigenvalue weighted by molar-refractivity contribution is 7.13. The predicted octanol–water partition coefficient (Wildman–Crippen LogP) is 4.37. The summed E-state index contributed by atoms with van der Waals surface area (Å²) >= 11 is 1.46. The molecule has 0 aromatic carbocycles. The van der Waals surface area contributed by atoms with E-state index in [1.807, 2.05) is 32.9 Å². The molecule has 7 nitrogen and oxygen atoms in total. The van der Waals surface area contributed by atoms with E-state index < -0.39 is 0 Å². The molecule has 28 heavy (non-hydrogen) atoms. The lowest BCUT2D eigenvalue weighted by molar-refractivity contribution is 0.0917. The summed E-state index contributed by atoms with van der Waals surface area (Å²) in [4.78, 5) is 26.6. The van der Waals surface area contributed by atoms with Gasteiger partial charge in [-0.25, -0.2) is 4.98 Å². The zero-order valence-corrected chi connectivity index (χ0v) is 17.4. The summed E-state index contributed by atoms with van der Waals surface area (Å²) < 4.78 is 5.45. The van der Waals surface area contributed by atoms with Gasteiger partial charge in [-0.2, -0.15) is 4.98 Å². The number of carbonyl (C=O) groups is 1. The molecular formula is C20H25N5O2S. The first-order valence-corrected chi connectivity index (χ1v) is 10.3. The maximum atomic E-state index is 12.9. The summed E-state index contributed by atoms with van der Waals surface area (Å²) in [6.07, 6.45) is 6.44. The van der Waals surface area contributed by atoms with E-state index in [0.29, 0.717) is 16.6 Å². The number of nitrogens with zero attached hydrogens (tertiary/aromatic N) is 4. The Morgan fingerprint density at radius 1 is 1.32 bits per heavy atom. The van der Waals surface area contributed by atoms with Gasteiger partial charge in [0.25, 0.3) is 5.91 Å². The Morgan fingerprint density at radius 3 is 2.82 bits per heavy atom. The number of pyridine rings is 1. The molecule has 1 unspecified atom stereocenters. The average Bonchev–Trinajstić information content (AvgIpc) is 3.31. The molecule has 1 N–H and O–H groups in total. The van der Waals surface area contributed by atoms with Crippen LogP contribution in [0, 0.1) is 12.8 Å². The normalized spacial score (nSPS) is 12.3. The van der Waals surface area contributed by atoms with Gasteiger partial charge in [0.15, 0.2) is 0 Å². The number of carbonyl (C=O) groups excluding carboxylic acids is 1. The highest BCUT2D eigenvalue weighted by Gasteiger charge is 2.27. The van der Waals surface area contributed by atoms with Gasteiger partial charge >= 0.3 is 0 Å². The van der Waals surface area contributed by atoms with E-state index in [-0.39, 0.29) is 17.9 Å². The Balaban J connectivity index is 1.78. The lowest BCUT2D eigenvalue weighted by Crippen LogP contribution is -2.32. The van der Waals surface area contributed by atoms with Crippen molar-refractivity contribution in [3.63, 3.8) is 0 Å². The Morgan fingerprint density at radius 2 is 2.14 bits per heavy atom. The largest absolute Gasteiger partial charge is 0.339 e. The molecule has 148 valence electrons. The van der Waals surface area contributed by atoms with E-state index in [1.165, 1.54) is 11.3 Å². The molecular weight excluding hydrogens is 374 g/mol. The summed E-state index contributed by atoms with van der Waals surface area (Å²) in [5.74, 6) is 0.769. The molecule has 0 aliphatic heterocycles. The number of nitrogens with one attached hydrogen (secondary N) is 1. The molecule has 0 radical (unpaired) electrons. The topological polar surface area (TPSA) is 93.8 Å². The molecule has 0 bridgehead atoms. The number of amides is 1. The van der Waals surface area contributed by atoms with Crippen molar-refractivity contribution in [1.29, 1.82) is 0 Å². The Hall–Kier alpha value is -2.61. The van der Waals surface area contributed by atoms with Crippen LogP contribution in [0.3, 0.4) is 0 Å². The van der Waals surface area contributed by atoms with Gasteiger partial charge in [0.1, 0.15) is 10.9 Å². The van der Waals surface area contributed by atoms with Crippen LogP contribution in [0.25, 0.3) is 11.4 Å². The Labute approximate surface area is 168 Å². The smallest absolute Gasteiger partial charge is 0.263 e. The van der Waals surface area contributed by atoms with Gasteiger partial charge in [-0.15, -0.1) is 11.3 Å².